The summed E-state index contributed by atoms with van der Waals surface area (Å²) in [7, 11) is 0. The van der Waals surface area contributed by atoms with Crippen molar-refractivity contribution in [3.63, 3.8) is 0 Å². The maximum atomic E-state index is 9.40. The number of nitriles is 2. The fraction of sp³-hybridized carbons (Fsp3) is 0. The van der Waals surface area contributed by atoms with Gasteiger partial charge >= 0.3 is 0 Å². The highest BCUT2D eigenvalue weighted by Crippen LogP contribution is 2.44. The van der Waals surface area contributed by atoms with Gasteiger partial charge in [0.15, 0.2) is 5.82 Å². The van der Waals surface area contributed by atoms with Crippen LogP contribution >= 0.6 is 0 Å². The van der Waals surface area contributed by atoms with Crippen molar-refractivity contribution < 1.29 is 0 Å². The molecule has 0 aliphatic heterocycles. The van der Waals surface area contributed by atoms with Crippen LogP contribution in [0.2, 0.25) is 0 Å². The Morgan fingerprint density at radius 1 is 0.448 bits per heavy atom. The third-order valence-electron chi connectivity index (χ3n) is 10.6. The summed E-state index contributed by atoms with van der Waals surface area (Å²) in [6, 6.07) is 55.3. The number of fused-ring (bicyclic) bond motifs is 6. The molecule has 58 heavy (non-hydrogen) atoms. The van der Waals surface area contributed by atoms with E-state index in [0.29, 0.717) is 56.5 Å². The van der Waals surface area contributed by atoms with Gasteiger partial charge in [-0.15, -0.1) is 0 Å². The van der Waals surface area contributed by atoms with E-state index >= 15 is 0 Å². The maximum absolute atomic E-state index is 9.40. The number of hydrogen-bond acceptors (Lipinski definition) is 4. The van der Waals surface area contributed by atoms with Crippen molar-refractivity contribution in [1.29, 1.82) is 10.5 Å². The zero-order valence-corrected chi connectivity index (χ0v) is 30.6. The van der Waals surface area contributed by atoms with Gasteiger partial charge in [0.05, 0.1) is 75.6 Å². The molecule has 0 spiro atoms. The van der Waals surface area contributed by atoms with E-state index in [9.17, 15) is 10.5 Å². The van der Waals surface area contributed by atoms with Crippen LogP contribution in [0.25, 0.3) is 98.6 Å². The van der Waals surface area contributed by atoms with E-state index in [1.807, 2.05) is 41.0 Å². The lowest BCUT2D eigenvalue weighted by atomic mass is 10.0. The molecule has 0 N–H and O–H groups in total. The molecule has 0 radical (unpaired) electrons. The molecule has 0 fully saturated rings. The van der Waals surface area contributed by atoms with Crippen LogP contribution in [0.15, 0.2) is 158 Å². The molecular formula is C50H26N8. The van der Waals surface area contributed by atoms with Crippen molar-refractivity contribution in [1.82, 2.24) is 19.1 Å². The Balaban J connectivity index is 1.17. The molecule has 0 saturated carbocycles. The largest absolute Gasteiger partial charge is 0.329 e. The molecule has 266 valence electrons. The zero-order chi connectivity index (χ0) is 39.3. The van der Waals surface area contributed by atoms with E-state index in [2.05, 4.69) is 99.2 Å². The molecule has 8 nitrogen and oxygen atoms in total. The van der Waals surface area contributed by atoms with Crippen molar-refractivity contribution in [3.8, 4) is 57.4 Å². The first-order chi connectivity index (χ1) is 28.6. The highest BCUT2D eigenvalue weighted by molar-refractivity contribution is 6.13. The summed E-state index contributed by atoms with van der Waals surface area (Å²) in [5.74, 6) is 0.417. The van der Waals surface area contributed by atoms with Crippen LogP contribution < -0.4 is 0 Å². The molecule has 0 atom stereocenters. The molecular weight excluding hydrogens is 713 g/mol. The molecule has 0 saturated heterocycles. The second kappa shape index (κ2) is 13.5. The average Bonchev–Trinajstić information content (AvgIpc) is 3.80. The average molecular weight is 739 g/mol. The molecule has 3 aromatic heterocycles. The minimum absolute atomic E-state index is 0.302. The molecule has 0 unspecified atom stereocenters. The number of hydrogen-bond donors (Lipinski definition) is 0. The summed E-state index contributed by atoms with van der Waals surface area (Å²) in [5, 5.41) is 23.2. The van der Waals surface area contributed by atoms with Gasteiger partial charge in [-0.25, -0.2) is 19.7 Å². The van der Waals surface area contributed by atoms with Gasteiger partial charge in [0, 0.05) is 38.4 Å². The Morgan fingerprint density at radius 3 is 1.45 bits per heavy atom. The Morgan fingerprint density at radius 2 is 0.914 bits per heavy atom. The van der Waals surface area contributed by atoms with Crippen LogP contribution in [0.3, 0.4) is 0 Å². The summed E-state index contributed by atoms with van der Waals surface area (Å²) >= 11 is 0. The standard InChI is InChI=1S/C50H26N8/c1-53-43-25-35(42-28-41(33-19-15-31(29-51)16-20-33)55-50(56-42)34-21-17-32(30-52)18-22-34)26-44(54-2)49(43)58-47-14-8-5-11-39(47)40-27-36(23-24-48(40)58)57-45-12-6-3-9-37(45)38-10-4-7-13-46(38)57/h3-28H. The summed E-state index contributed by atoms with van der Waals surface area (Å²) < 4.78 is 4.33. The van der Waals surface area contributed by atoms with Gasteiger partial charge in [-0.1, -0.05) is 66.7 Å². The molecule has 3 heterocycles. The van der Waals surface area contributed by atoms with Gasteiger partial charge in [-0.2, -0.15) is 10.5 Å². The van der Waals surface area contributed by atoms with E-state index in [-0.39, 0.29) is 0 Å². The Labute approximate surface area is 332 Å². The second-order valence-electron chi connectivity index (χ2n) is 13.9. The lowest BCUT2D eigenvalue weighted by molar-refractivity contribution is 1.17. The third-order valence-corrected chi connectivity index (χ3v) is 10.6. The fourth-order valence-corrected chi connectivity index (χ4v) is 7.97. The molecule has 0 bridgehead atoms. The van der Waals surface area contributed by atoms with Crippen molar-refractivity contribution in [2.24, 2.45) is 0 Å². The van der Waals surface area contributed by atoms with Crippen LogP contribution in [0.5, 0.6) is 0 Å². The monoisotopic (exact) mass is 738 g/mol. The number of para-hydroxylation sites is 3. The highest BCUT2D eigenvalue weighted by Gasteiger charge is 2.22. The van der Waals surface area contributed by atoms with Crippen LogP contribution in [0, 0.1) is 35.8 Å². The highest BCUT2D eigenvalue weighted by atomic mass is 15.0. The first-order valence-corrected chi connectivity index (χ1v) is 18.4. The van der Waals surface area contributed by atoms with E-state index in [4.69, 9.17) is 23.1 Å². The van der Waals surface area contributed by atoms with Crippen LogP contribution in [0.1, 0.15) is 11.1 Å². The second-order valence-corrected chi connectivity index (χ2v) is 13.9. The molecule has 0 aliphatic rings. The molecule has 0 amide bonds. The molecule has 8 heteroatoms. The minimum Gasteiger partial charge on any atom is -0.329 e. The van der Waals surface area contributed by atoms with E-state index in [1.165, 1.54) is 10.8 Å². The smallest absolute Gasteiger partial charge is 0.200 e. The predicted molar refractivity (Wildman–Crippen MR) is 229 cm³/mol. The number of nitrogens with zero attached hydrogens (tertiary/aromatic N) is 8. The zero-order valence-electron chi connectivity index (χ0n) is 30.6. The Kier molecular flexibility index (Phi) is 7.84. The summed E-state index contributed by atoms with van der Waals surface area (Å²) in [5.41, 5.74) is 10.3. The summed E-state index contributed by atoms with van der Waals surface area (Å²) in [4.78, 5) is 17.9. The van der Waals surface area contributed by atoms with E-state index < -0.39 is 0 Å². The minimum atomic E-state index is 0.302. The summed E-state index contributed by atoms with van der Waals surface area (Å²) in [6.45, 7) is 16.9. The van der Waals surface area contributed by atoms with Crippen LogP contribution in [-0.4, -0.2) is 19.1 Å². The first-order valence-electron chi connectivity index (χ1n) is 18.4. The van der Waals surface area contributed by atoms with Gasteiger partial charge < -0.3 is 9.13 Å². The van der Waals surface area contributed by atoms with Crippen molar-refractivity contribution in [3.05, 3.63) is 192 Å². The van der Waals surface area contributed by atoms with Crippen molar-refractivity contribution >= 4 is 55.0 Å². The van der Waals surface area contributed by atoms with E-state index in [1.54, 1.807) is 48.5 Å². The van der Waals surface area contributed by atoms with Crippen LogP contribution in [-0.2, 0) is 0 Å². The molecule has 0 aliphatic carbocycles. The topological polar surface area (TPSA) is 91.9 Å². The van der Waals surface area contributed by atoms with E-state index in [0.717, 1.165) is 44.1 Å². The molecule has 10 aromatic rings. The fourth-order valence-electron chi connectivity index (χ4n) is 7.97. The first kappa shape index (κ1) is 33.7. The predicted octanol–water partition coefficient (Wildman–Crippen LogP) is 12.5. The van der Waals surface area contributed by atoms with Gasteiger partial charge in [-0.3, -0.25) is 0 Å². The third kappa shape index (κ3) is 5.35. The quantitative estimate of drug-likeness (QED) is 0.164. The van der Waals surface area contributed by atoms with Gasteiger partial charge in [0.25, 0.3) is 0 Å². The Hall–Kier alpha value is -8.82. The van der Waals surface area contributed by atoms with Gasteiger partial charge in [0.1, 0.15) is 0 Å². The number of rotatable bonds is 5. The number of aromatic nitrogens is 4. The lowest BCUT2D eigenvalue weighted by Gasteiger charge is -2.16. The van der Waals surface area contributed by atoms with Gasteiger partial charge in [-0.05, 0) is 96.6 Å². The van der Waals surface area contributed by atoms with Crippen molar-refractivity contribution in [2.45, 2.75) is 0 Å². The SMILES string of the molecule is [C-]#[N+]c1cc(-c2cc(-c3ccc(C#N)cc3)nc(-c3ccc(C#N)cc3)n2)cc([N+]#[C-])c1-n1c2ccccc2c2cc(-n3c4ccccc4c4ccccc43)ccc21. The lowest BCUT2D eigenvalue weighted by Crippen LogP contribution is -1.98. The Bertz CT molecular complexity index is 3320. The molecule has 7 aromatic carbocycles. The normalized spacial score (nSPS) is 11.0. The maximum Gasteiger partial charge on any atom is 0.200 e. The summed E-state index contributed by atoms with van der Waals surface area (Å²) in [6.07, 6.45) is 0. The number of benzene rings is 7. The van der Waals surface area contributed by atoms with Crippen LogP contribution in [0.4, 0.5) is 11.4 Å². The van der Waals surface area contributed by atoms with Gasteiger partial charge in [0.2, 0.25) is 11.4 Å². The molecule has 10 rings (SSSR count). The van der Waals surface area contributed by atoms with Crippen molar-refractivity contribution in [2.75, 3.05) is 0 Å².